The van der Waals surface area contributed by atoms with Gasteiger partial charge in [0, 0.05) is 31.3 Å². The van der Waals surface area contributed by atoms with Gasteiger partial charge in [-0.2, -0.15) is 20.1 Å². The number of hydrazone groups is 1. The van der Waals surface area contributed by atoms with Gasteiger partial charge in [-0.25, -0.2) is 5.43 Å². The summed E-state index contributed by atoms with van der Waals surface area (Å²) in [6.07, 6.45) is 5.02. The monoisotopic (exact) mass is 378 g/mol. The van der Waals surface area contributed by atoms with Crippen LogP contribution in [0.3, 0.4) is 0 Å². The number of hydrogen-bond acceptors (Lipinski definition) is 7. The first kappa shape index (κ1) is 19.5. The molecule has 0 atom stereocenters. The molecule has 28 heavy (non-hydrogen) atoms. The highest BCUT2D eigenvalue weighted by Gasteiger charge is 2.14. The van der Waals surface area contributed by atoms with Crippen molar-refractivity contribution in [2.24, 2.45) is 5.10 Å². The molecule has 7 heteroatoms. The lowest BCUT2D eigenvalue weighted by atomic mass is 10.0. The number of unbranched alkanes of at least 4 members (excludes halogenated alkanes) is 2. The number of aromatic nitrogens is 3. The highest BCUT2D eigenvalue weighted by atomic mass is 16.5. The normalized spacial score (nSPS) is 11.1. The maximum absolute atomic E-state index is 5.50. The number of hydrogen-bond donors (Lipinski definition) is 1. The molecule has 3 rings (SSSR count). The number of anilines is 2. The molecule has 0 spiro atoms. The van der Waals surface area contributed by atoms with E-state index in [0.717, 1.165) is 41.3 Å². The molecule has 7 nitrogen and oxygen atoms in total. The molecule has 0 saturated heterocycles. The molecule has 0 unspecified atom stereocenters. The molecular weight excluding hydrogens is 352 g/mol. The van der Waals surface area contributed by atoms with E-state index in [-0.39, 0.29) is 0 Å². The Morgan fingerprint density at radius 3 is 2.57 bits per heavy atom. The summed E-state index contributed by atoms with van der Waals surface area (Å²) in [6, 6.07) is 12.0. The largest absolute Gasteiger partial charge is 0.496 e. The third kappa shape index (κ3) is 4.36. The topological polar surface area (TPSA) is 75.5 Å². The summed E-state index contributed by atoms with van der Waals surface area (Å²) < 4.78 is 5.50. The van der Waals surface area contributed by atoms with Crippen LogP contribution in [0.1, 0.15) is 26.2 Å². The van der Waals surface area contributed by atoms with Gasteiger partial charge in [0.1, 0.15) is 5.75 Å². The van der Waals surface area contributed by atoms with Crippen LogP contribution in [0, 0.1) is 0 Å². The summed E-state index contributed by atoms with van der Waals surface area (Å²) in [6.45, 7) is 2.15. The predicted molar refractivity (Wildman–Crippen MR) is 115 cm³/mol. The van der Waals surface area contributed by atoms with Gasteiger partial charge in [-0.1, -0.05) is 37.6 Å². The number of rotatable bonds is 8. The number of nitrogens with one attached hydrogen (secondary N) is 1. The number of benzene rings is 2. The maximum atomic E-state index is 5.50. The Hall–Kier alpha value is -3.22. The molecule has 3 aromatic rings. The molecule has 1 N–H and O–H groups in total. The lowest BCUT2D eigenvalue weighted by molar-refractivity contribution is 0.420. The van der Waals surface area contributed by atoms with Crippen LogP contribution in [0.4, 0.5) is 11.9 Å². The quantitative estimate of drug-likeness (QED) is 0.357. The Labute approximate surface area is 165 Å². The lowest BCUT2D eigenvalue weighted by Gasteiger charge is -2.14. The summed E-state index contributed by atoms with van der Waals surface area (Å²) in [5.74, 6) is 2.39. The molecule has 0 aliphatic rings. The van der Waals surface area contributed by atoms with E-state index in [1.807, 2.05) is 61.6 Å². The van der Waals surface area contributed by atoms with E-state index in [0.29, 0.717) is 17.7 Å². The van der Waals surface area contributed by atoms with Crippen LogP contribution in [0.25, 0.3) is 22.2 Å². The van der Waals surface area contributed by atoms with Gasteiger partial charge in [0.05, 0.1) is 7.11 Å². The molecule has 0 aliphatic carbocycles. The van der Waals surface area contributed by atoms with Gasteiger partial charge in [0.2, 0.25) is 11.9 Å². The van der Waals surface area contributed by atoms with Gasteiger partial charge in [-0.15, -0.1) is 0 Å². The number of fused-ring (bicyclic) bond motifs is 1. The Kier molecular flexibility index (Phi) is 6.37. The summed E-state index contributed by atoms with van der Waals surface area (Å²) in [5, 5.41) is 6.28. The van der Waals surface area contributed by atoms with Crippen molar-refractivity contribution in [3.05, 3.63) is 36.4 Å². The minimum Gasteiger partial charge on any atom is -0.496 e. The van der Waals surface area contributed by atoms with Crippen molar-refractivity contribution in [3.63, 3.8) is 0 Å². The second-order valence-corrected chi connectivity index (χ2v) is 6.60. The second-order valence-electron chi connectivity index (χ2n) is 6.60. The summed E-state index contributed by atoms with van der Waals surface area (Å²) >= 11 is 0. The van der Waals surface area contributed by atoms with Crippen molar-refractivity contribution in [3.8, 4) is 17.1 Å². The molecule has 0 fully saturated rings. The first-order valence-electron chi connectivity index (χ1n) is 9.41. The molecule has 0 aliphatic heterocycles. The zero-order chi connectivity index (χ0) is 19.9. The van der Waals surface area contributed by atoms with Crippen molar-refractivity contribution in [1.29, 1.82) is 0 Å². The fourth-order valence-corrected chi connectivity index (χ4v) is 2.84. The first-order chi connectivity index (χ1) is 13.6. The standard InChI is InChI=1S/C21H26N6O/c1-5-6-9-14-22-26-20-23-19(24-21(25-20)27(2)3)17-12-13-18(28-4)16-11-8-7-10-15(16)17/h7-8,10-14H,5-6,9H2,1-4H3,(H,23,24,25,26)/b22-14+. The van der Waals surface area contributed by atoms with Gasteiger partial charge in [0.25, 0.3) is 0 Å². The Morgan fingerprint density at radius 2 is 1.86 bits per heavy atom. The average molecular weight is 378 g/mol. The Balaban J connectivity index is 2.04. The zero-order valence-electron chi connectivity index (χ0n) is 16.8. The van der Waals surface area contributed by atoms with Crippen LogP contribution >= 0.6 is 0 Å². The van der Waals surface area contributed by atoms with Crippen LogP contribution < -0.4 is 15.1 Å². The lowest BCUT2D eigenvalue weighted by Crippen LogP contribution is -2.15. The van der Waals surface area contributed by atoms with E-state index in [4.69, 9.17) is 4.74 Å². The molecule has 0 bridgehead atoms. The van der Waals surface area contributed by atoms with E-state index >= 15 is 0 Å². The molecule has 1 heterocycles. The van der Waals surface area contributed by atoms with Crippen LogP contribution in [0.5, 0.6) is 5.75 Å². The van der Waals surface area contributed by atoms with E-state index in [1.165, 1.54) is 0 Å². The van der Waals surface area contributed by atoms with Gasteiger partial charge in [-0.05, 0) is 30.4 Å². The van der Waals surface area contributed by atoms with E-state index in [2.05, 4.69) is 32.4 Å². The molecular formula is C21H26N6O. The third-order valence-corrected chi connectivity index (χ3v) is 4.31. The number of ether oxygens (including phenoxy) is 1. The highest BCUT2D eigenvalue weighted by Crippen LogP contribution is 2.33. The fraction of sp³-hybridized carbons (Fsp3) is 0.333. The maximum Gasteiger partial charge on any atom is 0.248 e. The van der Waals surface area contributed by atoms with Crippen molar-refractivity contribution >= 4 is 28.9 Å². The molecule has 0 saturated carbocycles. The first-order valence-corrected chi connectivity index (χ1v) is 9.41. The van der Waals surface area contributed by atoms with E-state index in [9.17, 15) is 0 Å². The van der Waals surface area contributed by atoms with Crippen LogP contribution in [0.2, 0.25) is 0 Å². The smallest absolute Gasteiger partial charge is 0.248 e. The summed E-state index contributed by atoms with van der Waals surface area (Å²) in [4.78, 5) is 15.5. The highest BCUT2D eigenvalue weighted by molar-refractivity contribution is 5.99. The minimum absolute atomic E-state index is 0.418. The van der Waals surface area contributed by atoms with Crippen LogP contribution in [-0.4, -0.2) is 42.4 Å². The Morgan fingerprint density at radius 1 is 1.07 bits per heavy atom. The van der Waals surface area contributed by atoms with E-state index in [1.54, 1.807) is 7.11 Å². The van der Waals surface area contributed by atoms with Crippen molar-refractivity contribution < 1.29 is 4.74 Å². The third-order valence-electron chi connectivity index (χ3n) is 4.31. The zero-order valence-corrected chi connectivity index (χ0v) is 16.8. The van der Waals surface area contributed by atoms with Crippen LogP contribution in [-0.2, 0) is 0 Å². The van der Waals surface area contributed by atoms with E-state index < -0.39 is 0 Å². The molecule has 0 amide bonds. The van der Waals surface area contributed by atoms with Gasteiger partial charge < -0.3 is 9.64 Å². The van der Waals surface area contributed by atoms with Crippen molar-refractivity contribution in [1.82, 2.24) is 15.0 Å². The number of nitrogens with zero attached hydrogens (tertiary/aromatic N) is 5. The van der Waals surface area contributed by atoms with Gasteiger partial charge in [0.15, 0.2) is 5.82 Å². The van der Waals surface area contributed by atoms with Crippen molar-refractivity contribution in [2.75, 3.05) is 31.5 Å². The minimum atomic E-state index is 0.418. The van der Waals surface area contributed by atoms with Crippen LogP contribution in [0.15, 0.2) is 41.5 Å². The summed E-state index contributed by atoms with van der Waals surface area (Å²) in [7, 11) is 5.48. The van der Waals surface area contributed by atoms with Gasteiger partial charge in [-0.3, -0.25) is 0 Å². The fourth-order valence-electron chi connectivity index (χ4n) is 2.84. The second kappa shape index (κ2) is 9.12. The predicted octanol–water partition coefficient (Wildman–Crippen LogP) is 4.35. The molecule has 1 aromatic heterocycles. The Bertz CT molecular complexity index is 970. The molecule has 146 valence electrons. The SMILES string of the molecule is CCCC/C=N/Nc1nc(-c2ccc(OC)c3ccccc23)nc(N(C)C)n1. The van der Waals surface area contributed by atoms with Gasteiger partial charge >= 0.3 is 0 Å². The average Bonchev–Trinajstić information content (AvgIpc) is 2.72. The molecule has 2 aromatic carbocycles. The summed E-state index contributed by atoms with van der Waals surface area (Å²) in [5.41, 5.74) is 3.85. The number of methoxy groups -OCH3 is 1. The van der Waals surface area contributed by atoms with Crippen molar-refractivity contribution in [2.45, 2.75) is 26.2 Å². The molecule has 0 radical (unpaired) electrons.